The first-order chi connectivity index (χ1) is 7.10. The van der Waals surface area contributed by atoms with Gasteiger partial charge in [-0.1, -0.05) is 27.2 Å². The van der Waals surface area contributed by atoms with Crippen LogP contribution in [-0.2, 0) is 4.79 Å². The predicted molar refractivity (Wildman–Crippen MR) is 63.4 cm³/mol. The van der Waals surface area contributed by atoms with Crippen molar-refractivity contribution >= 4 is 6.29 Å². The first-order valence-corrected chi connectivity index (χ1v) is 6.25. The third kappa shape index (κ3) is 3.04. The molecule has 1 rings (SSSR count). The lowest BCUT2D eigenvalue weighted by Gasteiger charge is -2.39. The van der Waals surface area contributed by atoms with Crippen molar-refractivity contribution < 1.29 is 4.79 Å². The lowest BCUT2D eigenvalue weighted by molar-refractivity contribution is -0.113. The van der Waals surface area contributed by atoms with Crippen LogP contribution >= 0.6 is 0 Å². The first-order valence-electron chi connectivity index (χ1n) is 6.25. The zero-order valence-corrected chi connectivity index (χ0v) is 10.3. The summed E-state index contributed by atoms with van der Waals surface area (Å²) < 4.78 is 0. The van der Waals surface area contributed by atoms with Crippen molar-refractivity contribution in [1.29, 1.82) is 0 Å². The Bertz CT molecular complexity index is 203. The Morgan fingerprint density at radius 3 is 2.47 bits per heavy atom. The second-order valence-corrected chi connectivity index (χ2v) is 5.53. The second kappa shape index (κ2) is 5.64. The van der Waals surface area contributed by atoms with E-state index in [4.69, 9.17) is 5.73 Å². The number of nitrogens with two attached hydrogens (primary N) is 1. The highest BCUT2D eigenvalue weighted by Crippen LogP contribution is 2.41. The van der Waals surface area contributed by atoms with E-state index in [1.807, 2.05) is 0 Å². The summed E-state index contributed by atoms with van der Waals surface area (Å²) in [6, 6.07) is 0. The maximum Gasteiger partial charge on any atom is 0.124 e. The Balaban J connectivity index is 2.72. The quantitative estimate of drug-likeness (QED) is 0.726. The van der Waals surface area contributed by atoms with Gasteiger partial charge in [0.15, 0.2) is 0 Å². The van der Waals surface area contributed by atoms with Gasteiger partial charge >= 0.3 is 0 Å². The van der Waals surface area contributed by atoms with Gasteiger partial charge in [0.2, 0.25) is 0 Å². The number of aldehydes is 1. The van der Waals surface area contributed by atoms with Crippen molar-refractivity contribution in [1.82, 2.24) is 0 Å². The molecule has 0 saturated heterocycles. The van der Waals surface area contributed by atoms with Gasteiger partial charge in [0, 0.05) is 12.5 Å². The largest absolute Gasteiger partial charge is 0.330 e. The van der Waals surface area contributed by atoms with E-state index in [-0.39, 0.29) is 5.92 Å². The minimum Gasteiger partial charge on any atom is -0.330 e. The molecule has 15 heavy (non-hydrogen) atoms. The summed E-state index contributed by atoms with van der Waals surface area (Å²) in [5.41, 5.74) is 5.69. The summed E-state index contributed by atoms with van der Waals surface area (Å²) in [5, 5.41) is 0. The Morgan fingerprint density at radius 2 is 2.00 bits per heavy atom. The number of carbonyl (C=O) groups excluding carboxylic acids is 1. The van der Waals surface area contributed by atoms with E-state index >= 15 is 0 Å². The van der Waals surface area contributed by atoms with Crippen molar-refractivity contribution in [2.24, 2.45) is 35.3 Å². The molecule has 88 valence electrons. The van der Waals surface area contributed by atoms with E-state index in [9.17, 15) is 4.79 Å². The van der Waals surface area contributed by atoms with Crippen molar-refractivity contribution in [2.75, 3.05) is 6.54 Å². The highest BCUT2D eigenvalue weighted by atomic mass is 16.1. The summed E-state index contributed by atoms with van der Waals surface area (Å²) in [7, 11) is 0. The maximum atomic E-state index is 11.0. The van der Waals surface area contributed by atoms with Crippen LogP contribution < -0.4 is 5.73 Å². The Morgan fingerprint density at radius 1 is 1.33 bits per heavy atom. The Kier molecular flexibility index (Phi) is 4.78. The molecule has 0 radical (unpaired) electrons. The van der Waals surface area contributed by atoms with Crippen LogP contribution in [0.25, 0.3) is 0 Å². The number of rotatable bonds is 4. The van der Waals surface area contributed by atoms with E-state index in [0.717, 1.165) is 12.2 Å². The van der Waals surface area contributed by atoms with E-state index in [1.54, 1.807) is 0 Å². The Hall–Kier alpha value is -0.370. The number of hydrogen-bond donors (Lipinski definition) is 1. The average molecular weight is 211 g/mol. The molecule has 1 saturated carbocycles. The molecule has 0 aliphatic heterocycles. The predicted octanol–water partition coefficient (Wildman–Crippen LogP) is 2.47. The molecule has 0 bridgehead atoms. The molecule has 1 aliphatic carbocycles. The van der Waals surface area contributed by atoms with Crippen LogP contribution in [0.1, 0.15) is 40.0 Å². The summed E-state index contributed by atoms with van der Waals surface area (Å²) in [6.45, 7) is 7.35. The van der Waals surface area contributed by atoms with Gasteiger partial charge in [0.25, 0.3) is 0 Å². The molecule has 4 unspecified atom stereocenters. The van der Waals surface area contributed by atoms with Gasteiger partial charge in [-0.15, -0.1) is 0 Å². The molecule has 0 aromatic rings. The third-order valence-corrected chi connectivity index (χ3v) is 4.07. The molecule has 0 aromatic carbocycles. The van der Waals surface area contributed by atoms with E-state index in [2.05, 4.69) is 20.8 Å². The van der Waals surface area contributed by atoms with Gasteiger partial charge in [0.05, 0.1) is 0 Å². The molecule has 2 heteroatoms. The van der Waals surface area contributed by atoms with Gasteiger partial charge in [-0.25, -0.2) is 0 Å². The fourth-order valence-electron chi connectivity index (χ4n) is 3.10. The smallest absolute Gasteiger partial charge is 0.124 e. The molecule has 1 aliphatic rings. The van der Waals surface area contributed by atoms with Gasteiger partial charge in [-0.3, -0.25) is 0 Å². The molecule has 2 N–H and O–H groups in total. The van der Waals surface area contributed by atoms with E-state index in [1.165, 1.54) is 19.3 Å². The zero-order chi connectivity index (χ0) is 11.4. The molecule has 2 nitrogen and oxygen atoms in total. The van der Waals surface area contributed by atoms with Gasteiger partial charge in [-0.05, 0) is 36.5 Å². The maximum absolute atomic E-state index is 11.0. The van der Waals surface area contributed by atoms with Crippen LogP contribution in [0.2, 0.25) is 0 Å². The normalized spacial score (nSPS) is 34.1. The van der Waals surface area contributed by atoms with Crippen molar-refractivity contribution in [2.45, 2.75) is 40.0 Å². The highest BCUT2D eigenvalue weighted by molar-refractivity contribution is 5.54. The summed E-state index contributed by atoms with van der Waals surface area (Å²) in [5.74, 6) is 2.74. The summed E-state index contributed by atoms with van der Waals surface area (Å²) >= 11 is 0. The van der Waals surface area contributed by atoms with Crippen LogP contribution in [0, 0.1) is 29.6 Å². The van der Waals surface area contributed by atoms with Crippen LogP contribution in [0.15, 0.2) is 0 Å². The molecular weight excluding hydrogens is 186 g/mol. The van der Waals surface area contributed by atoms with Crippen molar-refractivity contribution in [3.05, 3.63) is 0 Å². The lowest BCUT2D eigenvalue weighted by Crippen LogP contribution is -2.36. The summed E-state index contributed by atoms with van der Waals surface area (Å²) in [4.78, 5) is 11.0. The zero-order valence-electron chi connectivity index (χ0n) is 10.3. The van der Waals surface area contributed by atoms with Crippen molar-refractivity contribution in [3.8, 4) is 0 Å². The van der Waals surface area contributed by atoms with E-state index < -0.39 is 0 Å². The molecule has 1 fully saturated rings. The van der Waals surface area contributed by atoms with Gasteiger partial charge in [-0.2, -0.15) is 0 Å². The Labute approximate surface area is 93.6 Å². The number of hydrogen-bond acceptors (Lipinski definition) is 2. The van der Waals surface area contributed by atoms with Crippen LogP contribution in [-0.4, -0.2) is 12.8 Å². The molecule has 0 amide bonds. The van der Waals surface area contributed by atoms with Crippen LogP contribution in [0.4, 0.5) is 0 Å². The van der Waals surface area contributed by atoms with E-state index in [0.29, 0.717) is 24.3 Å². The average Bonchev–Trinajstić information content (AvgIpc) is 2.19. The molecule has 0 heterocycles. The van der Waals surface area contributed by atoms with Crippen LogP contribution in [0.3, 0.4) is 0 Å². The molecule has 0 spiro atoms. The minimum absolute atomic E-state index is 0.0835. The fourth-order valence-corrected chi connectivity index (χ4v) is 3.10. The number of carbonyl (C=O) groups is 1. The standard InChI is InChI=1S/C13H25NO/c1-9(2)12-5-4-10(3)6-13(12)11(7-14)8-15/h8-13H,4-7,14H2,1-3H3. The lowest BCUT2D eigenvalue weighted by atomic mass is 9.66. The minimum atomic E-state index is 0.0835. The summed E-state index contributed by atoms with van der Waals surface area (Å²) in [6.07, 6.45) is 4.85. The first kappa shape index (κ1) is 12.7. The molecular formula is C13H25NO. The monoisotopic (exact) mass is 211 g/mol. The topological polar surface area (TPSA) is 43.1 Å². The second-order valence-electron chi connectivity index (χ2n) is 5.53. The SMILES string of the molecule is CC1CCC(C(C)C)C(C(C=O)CN)C1. The molecule has 4 atom stereocenters. The van der Waals surface area contributed by atoms with Gasteiger partial charge < -0.3 is 10.5 Å². The molecule has 0 aromatic heterocycles. The third-order valence-electron chi connectivity index (χ3n) is 4.07. The highest BCUT2D eigenvalue weighted by Gasteiger charge is 2.34. The van der Waals surface area contributed by atoms with Gasteiger partial charge in [0.1, 0.15) is 6.29 Å². The van der Waals surface area contributed by atoms with Crippen LogP contribution in [0.5, 0.6) is 0 Å². The van der Waals surface area contributed by atoms with Crippen molar-refractivity contribution in [3.63, 3.8) is 0 Å². The fraction of sp³-hybridized carbons (Fsp3) is 0.923.